The molecule has 2 amide bonds. The number of hydrogen-bond donors (Lipinski definition) is 2. The van der Waals surface area contributed by atoms with Crippen molar-refractivity contribution in [2.24, 2.45) is 0 Å². The quantitative estimate of drug-likeness (QED) is 0.432. The number of rotatable bonds is 7. The fourth-order valence-electron chi connectivity index (χ4n) is 2.50. The van der Waals surface area contributed by atoms with Gasteiger partial charge in [0.25, 0.3) is 6.36 Å². The summed E-state index contributed by atoms with van der Waals surface area (Å²) >= 11 is 0. The van der Waals surface area contributed by atoms with Gasteiger partial charge in [0.15, 0.2) is 0 Å². The maximum atomic E-state index is 13.1. The first kappa shape index (κ1) is 20.7. The zero-order valence-corrected chi connectivity index (χ0v) is 15.3. The van der Waals surface area contributed by atoms with Crippen LogP contribution in [-0.4, -0.2) is 79.2 Å². The first-order chi connectivity index (χ1) is 10.3. The summed E-state index contributed by atoms with van der Waals surface area (Å²) in [5.41, 5.74) is 0. The van der Waals surface area contributed by atoms with Gasteiger partial charge in [0.2, 0.25) is 0 Å². The van der Waals surface area contributed by atoms with E-state index in [1.54, 1.807) is 0 Å². The van der Waals surface area contributed by atoms with Gasteiger partial charge in [-0.25, -0.2) is 14.0 Å². The Bertz CT molecular complexity index is 485. The van der Waals surface area contributed by atoms with Gasteiger partial charge in [-0.1, -0.05) is 0 Å². The molecule has 2 fully saturated rings. The number of carbonyl (C=O) groups excluding carboxylic acids is 2. The van der Waals surface area contributed by atoms with Gasteiger partial charge >= 0.3 is 35.6 Å². The number of piperidine rings is 1. The second-order valence-electron chi connectivity index (χ2n) is 5.07. The second kappa shape index (κ2) is 8.70. The van der Waals surface area contributed by atoms with E-state index in [2.05, 4.69) is 4.84 Å². The summed E-state index contributed by atoms with van der Waals surface area (Å²) in [6.07, 6.45) is -3.22. The number of aliphatic carboxylic acids is 1. The monoisotopic (exact) mass is 362 g/mol. The number of halogens is 1. The third-order valence-corrected chi connectivity index (χ3v) is 5.34. The van der Waals surface area contributed by atoms with Crippen molar-refractivity contribution >= 4 is 22.8 Å². The molecule has 2 rings (SSSR count). The van der Waals surface area contributed by atoms with Gasteiger partial charge in [0.1, 0.15) is 11.3 Å². The standard InChI is InChI=1S/C11H17FN2O7S.Na/c12-9(10(17)18)21-14-6-1-2-8(13(3-6)11(14)19)22(20)5-7(16)4-15;/h6-9,15-16H,1-5H2,(H,17,18);/q;+1/p-1/t6-,7+,8-,9+,22-;/m1./s1. The number of urea groups is 1. The summed E-state index contributed by atoms with van der Waals surface area (Å²) in [7, 11) is -1.61. The van der Waals surface area contributed by atoms with Crippen molar-refractivity contribution in [3.63, 3.8) is 0 Å². The van der Waals surface area contributed by atoms with Crippen LogP contribution in [0, 0.1) is 0 Å². The smallest absolute Gasteiger partial charge is 0.544 e. The van der Waals surface area contributed by atoms with Crippen LogP contribution in [0.3, 0.4) is 0 Å². The third-order valence-electron chi connectivity index (χ3n) is 3.53. The number of nitrogens with zero attached hydrogens (tertiary/aromatic N) is 2. The normalized spacial score (nSPS) is 27.3. The fourth-order valence-corrected chi connectivity index (χ4v) is 4.07. The van der Waals surface area contributed by atoms with E-state index in [1.165, 1.54) is 4.90 Å². The molecule has 0 aromatic rings. The molecular weight excluding hydrogens is 346 g/mol. The molecule has 2 bridgehead atoms. The SMILES string of the molecule is O=C([O-])[C@@H](F)ON1C(=O)N2C[C@H]1CC[C@H]2[S@](=O)C[C@@H](O)CO.[Na+]. The van der Waals surface area contributed by atoms with E-state index in [4.69, 9.17) is 5.11 Å². The van der Waals surface area contributed by atoms with Crippen molar-refractivity contribution in [1.82, 2.24) is 9.96 Å². The van der Waals surface area contributed by atoms with Crippen LogP contribution in [0.1, 0.15) is 12.8 Å². The molecule has 9 nitrogen and oxygen atoms in total. The Morgan fingerprint density at radius 2 is 2.17 bits per heavy atom. The fraction of sp³-hybridized carbons (Fsp3) is 0.818. The number of carboxylic acids is 1. The number of carboxylic acid groups (broad SMARTS) is 1. The molecule has 0 aromatic carbocycles. The molecule has 0 aromatic heterocycles. The number of alkyl halides is 1. The van der Waals surface area contributed by atoms with E-state index in [-0.39, 0.29) is 41.9 Å². The topological polar surface area (TPSA) is 130 Å². The van der Waals surface area contributed by atoms with E-state index in [0.29, 0.717) is 17.9 Å². The van der Waals surface area contributed by atoms with Crippen LogP contribution in [-0.2, 0) is 20.4 Å². The number of fused-ring (bicyclic) bond motifs is 2. The van der Waals surface area contributed by atoms with Crippen LogP contribution in [0.25, 0.3) is 0 Å². The molecule has 2 aliphatic heterocycles. The number of amides is 2. The molecule has 0 saturated carbocycles. The molecule has 126 valence electrons. The number of hydrogen-bond acceptors (Lipinski definition) is 7. The molecular formula is C11H16FN2NaO7S. The average molecular weight is 362 g/mol. The van der Waals surface area contributed by atoms with Crippen LogP contribution in [0.5, 0.6) is 0 Å². The van der Waals surface area contributed by atoms with Crippen molar-refractivity contribution in [3.8, 4) is 0 Å². The first-order valence-electron chi connectivity index (χ1n) is 6.62. The Hall–Kier alpha value is -0.300. The zero-order valence-electron chi connectivity index (χ0n) is 12.5. The van der Waals surface area contributed by atoms with Gasteiger partial charge in [0, 0.05) is 17.3 Å². The molecule has 0 spiro atoms. The molecule has 23 heavy (non-hydrogen) atoms. The van der Waals surface area contributed by atoms with Crippen LogP contribution < -0.4 is 34.7 Å². The molecule has 0 unspecified atom stereocenters. The predicted octanol–water partition coefficient (Wildman–Crippen LogP) is -5.70. The Kier molecular flexibility index (Phi) is 7.84. The van der Waals surface area contributed by atoms with Crippen LogP contribution >= 0.6 is 0 Å². The maximum Gasteiger partial charge on any atom is 1.00 e. The molecule has 2 heterocycles. The average Bonchev–Trinajstić information content (AvgIpc) is 2.71. The summed E-state index contributed by atoms with van der Waals surface area (Å²) in [6, 6.07) is -1.30. The summed E-state index contributed by atoms with van der Waals surface area (Å²) in [6.45, 7) is -0.413. The molecule has 2 saturated heterocycles. The second-order valence-corrected chi connectivity index (χ2v) is 6.71. The molecule has 2 aliphatic rings. The van der Waals surface area contributed by atoms with E-state index in [0.717, 1.165) is 0 Å². The van der Waals surface area contributed by atoms with Gasteiger partial charge in [-0.05, 0) is 12.8 Å². The number of hydroxylamine groups is 2. The minimum Gasteiger partial charge on any atom is -0.544 e. The number of carbonyl (C=O) groups is 2. The predicted molar refractivity (Wildman–Crippen MR) is 67.8 cm³/mol. The van der Waals surface area contributed by atoms with Gasteiger partial charge in [0.05, 0.1) is 24.5 Å². The Balaban J connectivity index is 0.00000264. The molecule has 0 aliphatic carbocycles. The zero-order chi connectivity index (χ0) is 16.4. The summed E-state index contributed by atoms with van der Waals surface area (Å²) in [4.78, 5) is 28.1. The first-order valence-corrected chi connectivity index (χ1v) is 8.01. The van der Waals surface area contributed by atoms with Gasteiger partial charge in [-0.15, -0.1) is 0 Å². The van der Waals surface area contributed by atoms with Crippen molar-refractivity contribution in [2.45, 2.75) is 36.7 Å². The summed E-state index contributed by atoms with van der Waals surface area (Å²) in [5, 5.41) is 28.4. The Labute approximate surface area is 156 Å². The van der Waals surface area contributed by atoms with E-state index < -0.39 is 53.3 Å². The minimum absolute atomic E-state index is 0. The van der Waals surface area contributed by atoms with E-state index >= 15 is 0 Å². The summed E-state index contributed by atoms with van der Waals surface area (Å²) < 4.78 is 25.2. The van der Waals surface area contributed by atoms with Crippen LogP contribution in [0.15, 0.2) is 0 Å². The Morgan fingerprint density at radius 1 is 1.52 bits per heavy atom. The summed E-state index contributed by atoms with van der Waals surface area (Å²) in [5.74, 6) is -2.28. The molecule has 2 N–H and O–H groups in total. The van der Waals surface area contributed by atoms with Crippen molar-refractivity contribution in [2.75, 3.05) is 18.9 Å². The molecule has 12 heteroatoms. The van der Waals surface area contributed by atoms with Gasteiger partial charge in [-0.3, -0.25) is 4.21 Å². The number of aliphatic hydroxyl groups excluding tert-OH is 2. The van der Waals surface area contributed by atoms with Crippen LogP contribution in [0.4, 0.5) is 9.18 Å². The van der Waals surface area contributed by atoms with Gasteiger partial charge in [-0.2, -0.15) is 5.06 Å². The van der Waals surface area contributed by atoms with Crippen molar-refractivity contribution in [1.29, 1.82) is 0 Å². The molecule has 5 atom stereocenters. The minimum atomic E-state index is -2.76. The largest absolute Gasteiger partial charge is 1.00 e. The number of aliphatic hydroxyl groups is 2. The molecule has 0 radical (unpaired) electrons. The van der Waals surface area contributed by atoms with Crippen molar-refractivity contribution < 1.29 is 67.9 Å². The maximum absolute atomic E-state index is 13.1. The van der Waals surface area contributed by atoms with Crippen molar-refractivity contribution in [3.05, 3.63) is 0 Å². The van der Waals surface area contributed by atoms with Gasteiger partial charge < -0.3 is 25.0 Å². The van der Waals surface area contributed by atoms with E-state index in [9.17, 15) is 28.4 Å². The van der Waals surface area contributed by atoms with E-state index in [1.807, 2.05) is 0 Å². The third kappa shape index (κ3) is 4.62. The van der Waals surface area contributed by atoms with Crippen LogP contribution in [0.2, 0.25) is 0 Å². The Morgan fingerprint density at radius 3 is 2.74 bits per heavy atom.